The summed E-state index contributed by atoms with van der Waals surface area (Å²) in [6.45, 7) is 6.29. The van der Waals surface area contributed by atoms with Crippen molar-refractivity contribution in [1.29, 1.82) is 0 Å². The van der Waals surface area contributed by atoms with E-state index in [-0.39, 0.29) is 38.0 Å². The quantitative estimate of drug-likeness (QED) is 0.0261. The normalized spacial score (nSPS) is 13.2. The second-order valence-corrected chi connectivity index (χ2v) is 19.8. The van der Waals surface area contributed by atoms with Gasteiger partial charge < -0.3 is 14.2 Å². The van der Waals surface area contributed by atoms with E-state index in [0.29, 0.717) is 19.3 Å². The standard InChI is InChI=1S/C71H112O6/c1-4-7-10-13-16-19-22-25-28-31-33-34-35-36-38-40-43-46-49-52-55-58-61-64-70(73)76-67-68(66-75-69(72)63-60-57-54-51-48-45-42-39-30-27-24-21-18-15-12-9-6-3)77-71(74)65-62-59-56-53-50-47-44-41-37-32-29-26-23-20-17-14-11-8-5-2/h8-9,11-12,17-18,20-22,25-27,29-31,33,37,41-42,45,47,50-51,54,56,59,68H,4-7,10,13-16,19,23-24,28,32,34-36,38-40,43-44,46,48-49,52-53,55,57-58,60-67H2,1-3H3/b11-8-,12-9-,20-17-,21-18-,25-22-,29-26-,30-27-,33-31-,41-37-,45-42-,50-47-,54-51-,59-56-. The van der Waals surface area contributed by atoms with Gasteiger partial charge in [0, 0.05) is 19.3 Å². The Morgan fingerprint density at radius 3 is 0.896 bits per heavy atom. The zero-order chi connectivity index (χ0) is 55.7. The Bertz CT molecular complexity index is 1740. The summed E-state index contributed by atoms with van der Waals surface area (Å²) in [5.74, 6) is -1.09. The molecule has 0 saturated heterocycles. The van der Waals surface area contributed by atoms with Crippen LogP contribution in [-0.2, 0) is 28.6 Å². The van der Waals surface area contributed by atoms with E-state index in [1.807, 2.05) is 12.2 Å². The molecule has 6 nitrogen and oxygen atoms in total. The molecule has 6 heteroatoms. The van der Waals surface area contributed by atoms with E-state index in [1.165, 1.54) is 96.3 Å². The highest BCUT2D eigenvalue weighted by Gasteiger charge is 2.19. The van der Waals surface area contributed by atoms with Crippen molar-refractivity contribution in [2.75, 3.05) is 13.2 Å². The summed E-state index contributed by atoms with van der Waals surface area (Å²) in [5, 5.41) is 0. The maximum atomic E-state index is 12.9. The second-order valence-electron chi connectivity index (χ2n) is 19.8. The third kappa shape index (κ3) is 61.8. The van der Waals surface area contributed by atoms with Gasteiger partial charge in [0.15, 0.2) is 6.10 Å². The minimum absolute atomic E-state index is 0.133. The van der Waals surface area contributed by atoms with Crippen LogP contribution in [0.2, 0.25) is 0 Å². The highest BCUT2D eigenvalue weighted by Crippen LogP contribution is 2.14. The molecule has 0 heterocycles. The van der Waals surface area contributed by atoms with Crippen LogP contribution in [-0.4, -0.2) is 37.2 Å². The van der Waals surface area contributed by atoms with Crippen LogP contribution in [0.1, 0.15) is 252 Å². The molecule has 1 unspecified atom stereocenters. The van der Waals surface area contributed by atoms with Crippen LogP contribution >= 0.6 is 0 Å². The first-order valence-electron chi connectivity index (χ1n) is 31.0. The van der Waals surface area contributed by atoms with Gasteiger partial charge in [0.05, 0.1) is 0 Å². The number of carbonyl (C=O) groups excluding carboxylic acids is 3. The highest BCUT2D eigenvalue weighted by atomic mass is 16.6. The van der Waals surface area contributed by atoms with Gasteiger partial charge in [-0.15, -0.1) is 0 Å². The molecule has 0 aromatic rings. The number of esters is 3. The Hall–Kier alpha value is -4.97. The van der Waals surface area contributed by atoms with Gasteiger partial charge in [0.1, 0.15) is 13.2 Å². The van der Waals surface area contributed by atoms with Gasteiger partial charge >= 0.3 is 17.9 Å². The van der Waals surface area contributed by atoms with Crippen molar-refractivity contribution in [2.24, 2.45) is 0 Å². The van der Waals surface area contributed by atoms with E-state index in [2.05, 4.69) is 167 Å². The number of rotatable bonds is 54. The lowest BCUT2D eigenvalue weighted by atomic mass is 10.0. The van der Waals surface area contributed by atoms with E-state index in [9.17, 15) is 14.4 Å². The Morgan fingerprint density at radius 2 is 0.545 bits per heavy atom. The first-order valence-corrected chi connectivity index (χ1v) is 31.0. The van der Waals surface area contributed by atoms with Gasteiger partial charge in [0.2, 0.25) is 0 Å². The first-order chi connectivity index (χ1) is 38.0. The lowest BCUT2D eigenvalue weighted by Crippen LogP contribution is -2.30. The molecule has 0 rings (SSSR count). The molecule has 0 aromatic carbocycles. The van der Waals surface area contributed by atoms with Gasteiger partial charge in [-0.2, -0.15) is 0 Å². The molecule has 0 radical (unpaired) electrons. The summed E-state index contributed by atoms with van der Waals surface area (Å²) < 4.78 is 16.8. The molecular formula is C71H112O6. The lowest BCUT2D eigenvalue weighted by Gasteiger charge is -2.18. The van der Waals surface area contributed by atoms with Crippen LogP contribution in [0.5, 0.6) is 0 Å². The van der Waals surface area contributed by atoms with Crippen LogP contribution in [0.15, 0.2) is 158 Å². The first kappa shape index (κ1) is 72.0. The number of allylic oxidation sites excluding steroid dienone is 26. The Kier molecular flexibility index (Phi) is 59.5. The Morgan fingerprint density at radius 1 is 0.273 bits per heavy atom. The lowest BCUT2D eigenvalue weighted by molar-refractivity contribution is -0.166. The van der Waals surface area contributed by atoms with E-state index >= 15 is 0 Å². The monoisotopic (exact) mass is 1060 g/mol. The number of hydrogen-bond donors (Lipinski definition) is 0. The molecule has 0 aliphatic carbocycles. The van der Waals surface area contributed by atoms with Crippen molar-refractivity contribution in [1.82, 2.24) is 0 Å². The number of unbranched alkanes of at least 4 members (excludes halogenated alkanes) is 17. The largest absolute Gasteiger partial charge is 0.462 e. The summed E-state index contributed by atoms with van der Waals surface area (Å²) in [7, 11) is 0. The average Bonchev–Trinajstić information content (AvgIpc) is 3.43. The van der Waals surface area contributed by atoms with E-state index < -0.39 is 12.1 Å². The topological polar surface area (TPSA) is 78.9 Å². The van der Waals surface area contributed by atoms with Crippen molar-refractivity contribution in [3.05, 3.63) is 158 Å². The minimum Gasteiger partial charge on any atom is -0.462 e. The van der Waals surface area contributed by atoms with Crippen molar-refractivity contribution in [3.8, 4) is 0 Å². The number of hydrogen-bond acceptors (Lipinski definition) is 6. The van der Waals surface area contributed by atoms with Gasteiger partial charge in [-0.05, 0) is 128 Å². The molecule has 432 valence electrons. The number of ether oxygens (including phenoxy) is 3. The summed E-state index contributed by atoms with van der Waals surface area (Å²) >= 11 is 0. The van der Waals surface area contributed by atoms with Gasteiger partial charge in [0.25, 0.3) is 0 Å². The van der Waals surface area contributed by atoms with Crippen LogP contribution < -0.4 is 0 Å². The molecule has 77 heavy (non-hydrogen) atoms. The SMILES string of the molecule is CC/C=C\C/C=C\C/C=C\C/C=C\C/C=C\C/C=C\CCC(=O)OC(COC(=O)CCC/C=C\C/C=C\C/C=C\C/C=C\C/C=C\CC)COC(=O)CCCCCCCCCCCCC/C=C\C/C=C\CCCCCCC. The molecule has 0 fully saturated rings. The van der Waals surface area contributed by atoms with Crippen molar-refractivity contribution in [2.45, 2.75) is 258 Å². The van der Waals surface area contributed by atoms with Gasteiger partial charge in [-0.1, -0.05) is 262 Å². The molecule has 0 amide bonds. The van der Waals surface area contributed by atoms with Crippen LogP contribution in [0.25, 0.3) is 0 Å². The summed E-state index contributed by atoms with van der Waals surface area (Å²) in [4.78, 5) is 38.2. The number of carbonyl (C=O) groups is 3. The van der Waals surface area contributed by atoms with E-state index in [0.717, 1.165) is 103 Å². The summed E-state index contributed by atoms with van der Waals surface area (Å²) in [6, 6.07) is 0. The molecule has 0 bridgehead atoms. The fraction of sp³-hybridized carbons (Fsp3) is 0.592. The fourth-order valence-corrected chi connectivity index (χ4v) is 7.95. The zero-order valence-electron chi connectivity index (χ0n) is 49.4. The second kappa shape index (κ2) is 63.6. The van der Waals surface area contributed by atoms with Gasteiger partial charge in [-0.3, -0.25) is 14.4 Å². The zero-order valence-corrected chi connectivity index (χ0v) is 49.4. The predicted octanol–water partition coefficient (Wildman–Crippen LogP) is 21.3. The maximum Gasteiger partial charge on any atom is 0.306 e. The van der Waals surface area contributed by atoms with Crippen LogP contribution in [0.4, 0.5) is 0 Å². The molecule has 0 N–H and O–H groups in total. The molecule has 0 aliphatic heterocycles. The van der Waals surface area contributed by atoms with Crippen molar-refractivity contribution >= 4 is 17.9 Å². The average molecular weight is 1060 g/mol. The molecule has 0 saturated carbocycles. The van der Waals surface area contributed by atoms with Crippen molar-refractivity contribution < 1.29 is 28.6 Å². The molecule has 0 aromatic heterocycles. The Labute approximate surface area is 473 Å². The molecule has 0 aliphatic rings. The van der Waals surface area contributed by atoms with Crippen LogP contribution in [0.3, 0.4) is 0 Å². The Balaban J connectivity index is 4.56. The highest BCUT2D eigenvalue weighted by molar-refractivity contribution is 5.71. The fourth-order valence-electron chi connectivity index (χ4n) is 7.95. The third-order valence-electron chi connectivity index (χ3n) is 12.5. The third-order valence-corrected chi connectivity index (χ3v) is 12.5. The molecule has 1 atom stereocenters. The predicted molar refractivity (Wildman–Crippen MR) is 334 cm³/mol. The summed E-state index contributed by atoms with van der Waals surface area (Å²) in [6.07, 6.45) is 92.6. The minimum atomic E-state index is -0.851. The molecular weight excluding hydrogens is 949 g/mol. The summed E-state index contributed by atoms with van der Waals surface area (Å²) in [5.41, 5.74) is 0. The maximum absolute atomic E-state index is 12.9. The van der Waals surface area contributed by atoms with Crippen molar-refractivity contribution in [3.63, 3.8) is 0 Å². The molecule has 0 spiro atoms. The van der Waals surface area contributed by atoms with Crippen LogP contribution in [0, 0.1) is 0 Å². The smallest absolute Gasteiger partial charge is 0.306 e. The van der Waals surface area contributed by atoms with E-state index in [1.54, 1.807) is 0 Å². The van der Waals surface area contributed by atoms with Gasteiger partial charge in [-0.25, -0.2) is 0 Å². The van der Waals surface area contributed by atoms with E-state index in [4.69, 9.17) is 14.2 Å².